The standard InChI is InChI=1S/C30H26F2N2O5S/c1-3-8-21-13-20(14-25(38-4-2)28(21)39-18-19-9-6-5-7-10-19)15-26-29(36)34(30(37)40-26)17-27(35)33-24-12-11-22(31)16-23(24)32/h3,5-7,9-16H,1,4,8,17-18H2,2H3,(H,33,35)/b26-15-. The van der Waals surface area contributed by atoms with Crippen LogP contribution in [0.25, 0.3) is 6.08 Å². The van der Waals surface area contributed by atoms with Crippen LogP contribution < -0.4 is 14.8 Å². The van der Waals surface area contributed by atoms with Gasteiger partial charge < -0.3 is 14.8 Å². The number of hydrogen-bond acceptors (Lipinski definition) is 6. The second-order valence-electron chi connectivity index (χ2n) is 8.65. The maximum Gasteiger partial charge on any atom is 0.294 e. The van der Waals surface area contributed by atoms with E-state index in [1.54, 1.807) is 18.2 Å². The zero-order chi connectivity index (χ0) is 28.6. The van der Waals surface area contributed by atoms with E-state index in [4.69, 9.17) is 9.47 Å². The zero-order valence-corrected chi connectivity index (χ0v) is 22.4. The summed E-state index contributed by atoms with van der Waals surface area (Å²) in [7, 11) is 0. The summed E-state index contributed by atoms with van der Waals surface area (Å²) in [6, 6.07) is 15.9. The Kier molecular flexibility index (Phi) is 9.34. The Hall–Kier alpha value is -4.44. The van der Waals surface area contributed by atoms with Crippen molar-refractivity contribution in [1.82, 2.24) is 4.90 Å². The van der Waals surface area contributed by atoms with Crippen LogP contribution in [0.4, 0.5) is 19.3 Å². The third-order valence-electron chi connectivity index (χ3n) is 5.72. The SMILES string of the molecule is C=CCc1cc(/C=C2\SC(=O)N(CC(=O)Nc3ccc(F)cc3F)C2=O)cc(OCC)c1OCc1ccccc1. The number of benzene rings is 3. The molecule has 1 aliphatic heterocycles. The van der Waals surface area contributed by atoms with Gasteiger partial charge in [-0.1, -0.05) is 36.4 Å². The lowest BCUT2D eigenvalue weighted by Gasteiger charge is -2.17. The van der Waals surface area contributed by atoms with Gasteiger partial charge in [-0.05, 0) is 66.6 Å². The van der Waals surface area contributed by atoms with E-state index in [0.717, 1.165) is 28.2 Å². The lowest BCUT2D eigenvalue weighted by atomic mass is 10.0. The highest BCUT2D eigenvalue weighted by Gasteiger charge is 2.36. The average Bonchev–Trinajstić information content (AvgIpc) is 3.18. The van der Waals surface area contributed by atoms with Crippen molar-refractivity contribution in [2.24, 2.45) is 0 Å². The summed E-state index contributed by atoms with van der Waals surface area (Å²) in [6.07, 6.45) is 3.73. The summed E-state index contributed by atoms with van der Waals surface area (Å²) < 4.78 is 39.0. The summed E-state index contributed by atoms with van der Waals surface area (Å²) in [5.41, 5.74) is 2.10. The molecule has 206 valence electrons. The molecule has 7 nitrogen and oxygen atoms in total. The first-order valence-electron chi connectivity index (χ1n) is 12.4. The summed E-state index contributed by atoms with van der Waals surface area (Å²) in [5.74, 6) is -2.21. The molecule has 0 aromatic heterocycles. The first-order chi connectivity index (χ1) is 19.3. The van der Waals surface area contributed by atoms with Gasteiger partial charge in [-0.3, -0.25) is 19.3 Å². The van der Waals surface area contributed by atoms with Crippen molar-refractivity contribution in [3.05, 3.63) is 107 Å². The van der Waals surface area contributed by atoms with Crippen LogP contribution in [-0.4, -0.2) is 35.1 Å². The lowest BCUT2D eigenvalue weighted by Crippen LogP contribution is -2.36. The third-order valence-corrected chi connectivity index (χ3v) is 6.63. The number of ether oxygens (including phenoxy) is 2. The number of amides is 3. The number of anilines is 1. The second kappa shape index (κ2) is 13.1. The highest BCUT2D eigenvalue weighted by Crippen LogP contribution is 2.38. The number of hydrogen-bond donors (Lipinski definition) is 1. The Labute approximate surface area is 234 Å². The molecule has 10 heteroatoms. The number of carbonyl (C=O) groups is 3. The van der Waals surface area contributed by atoms with E-state index in [1.165, 1.54) is 0 Å². The van der Waals surface area contributed by atoms with Gasteiger partial charge in [0.15, 0.2) is 11.5 Å². The molecular weight excluding hydrogens is 538 g/mol. The van der Waals surface area contributed by atoms with Gasteiger partial charge >= 0.3 is 0 Å². The normalized spacial score (nSPS) is 14.0. The minimum atomic E-state index is -0.973. The second-order valence-corrected chi connectivity index (χ2v) is 9.64. The van der Waals surface area contributed by atoms with Crippen LogP contribution in [0.15, 0.2) is 78.2 Å². The van der Waals surface area contributed by atoms with Gasteiger partial charge in [-0.15, -0.1) is 6.58 Å². The van der Waals surface area contributed by atoms with Gasteiger partial charge in [0.25, 0.3) is 11.1 Å². The molecule has 0 saturated carbocycles. The number of nitrogens with zero attached hydrogens (tertiary/aromatic N) is 1. The van der Waals surface area contributed by atoms with Gasteiger partial charge in [-0.2, -0.15) is 0 Å². The molecule has 0 atom stereocenters. The van der Waals surface area contributed by atoms with Crippen molar-refractivity contribution < 1.29 is 32.6 Å². The Morgan fingerprint density at radius 1 is 1.07 bits per heavy atom. The molecule has 0 radical (unpaired) electrons. The van der Waals surface area contributed by atoms with E-state index >= 15 is 0 Å². The van der Waals surface area contributed by atoms with Crippen molar-refractivity contribution in [3.8, 4) is 11.5 Å². The maximum atomic E-state index is 13.9. The quantitative estimate of drug-likeness (QED) is 0.216. The Balaban J connectivity index is 1.54. The van der Waals surface area contributed by atoms with E-state index in [0.29, 0.717) is 54.5 Å². The van der Waals surface area contributed by atoms with E-state index in [-0.39, 0.29) is 10.6 Å². The Bertz CT molecular complexity index is 1480. The molecule has 0 spiro atoms. The predicted molar refractivity (Wildman–Crippen MR) is 150 cm³/mol. The fraction of sp³-hybridized carbons (Fsp3) is 0.167. The maximum absolute atomic E-state index is 13.9. The highest BCUT2D eigenvalue weighted by molar-refractivity contribution is 8.18. The van der Waals surface area contributed by atoms with Crippen LogP contribution in [0.3, 0.4) is 0 Å². The molecule has 1 aliphatic rings. The van der Waals surface area contributed by atoms with Crippen molar-refractivity contribution in [2.45, 2.75) is 20.0 Å². The molecule has 0 aliphatic carbocycles. The van der Waals surface area contributed by atoms with Gasteiger partial charge in [0, 0.05) is 11.6 Å². The molecule has 0 bridgehead atoms. The average molecular weight is 565 g/mol. The zero-order valence-electron chi connectivity index (χ0n) is 21.6. The molecule has 3 aromatic rings. The highest BCUT2D eigenvalue weighted by atomic mass is 32.2. The van der Waals surface area contributed by atoms with E-state index in [2.05, 4.69) is 11.9 Å². The fourth-order valence-corrected chi connectivity index (χ4v) is 4.78. The molecule has 1 N–H and O–H groups in total. The van der Waals surface area contributed by atoms with Crippen molar-refractivity contribution in [1.29, 1.82) is 0 Å². The van der Waals surface area contributed by atoms with Crippen LogP contribution in [0.5, 0.6) is 11.5 Å². The predicted octanol–water partition coefficient (Wildman–Crippen LogP) is 6.35. The van der Waals surface area contributed by atoms with Crippen molar-refractivity contribution >= 4 is 40.6 Å². The number of allylic oxidation sites excluding steroid dienone is 1. The molecule has 1 saturated heterocycles. The monoisotopic (exact) mass is 564 g/mol. The molecule has 0 unspecified atom stereocenters. The minimum Gasteiger partial charge on any atom is -0.490 e. The lowest BCUT2D eigenvalue weighted by molar-refractivity contribution is -0.127. The summed E-state index contributed by atoms with van der Waals surface area (Å²) in [4.78, 5) is 38.9. The van der Waals surface area contributed by atoms with Crippen LogP contribution in [0, 0.1) is 11.6 Å². The molecule has 4 rings (SSSR count). The van der Waals surface area contributed by atoms with Crippen molar-refractivity contribution in [2.75, 3.05) is 18.5 Å². The van der Waals surface area contributed by atoms with Crippen molar-refractivity contribution in [3.63, 3.8) is 0 Å². The molecule has 40 heavy (non-hydrogen) atoms. The number of halogens is 2. The number of rotatable bonds is 11. The molecule has 3 amide bonds. The number of nitrogens with one attached hydrogen (secondary N) is 1. The van der Waals surface area contributed by atoms with Gasteiger partial charge in [-0.25, -0.2) is 8.78 Å². The van der Waals surface area contributed by atoms with E-state index in [9.17, 15) is 23.2 Å². The van der Waals surface area contributed by atoms with Gasteiger partial charge in [0.1, 0.15) is 24.8 Å². The van der Waals surface area contributed by atoms with Gasteiger partial charge in [0.2, 0.25) is 5.91 Å². The minimum absolute atomic E-state index is 0.107. The third kappa shape index (κ3) is 6.95. The topological polar surface area (TPSA) is 84.9 Å². The first kappa shape index (κ1) is 28.6. The molecule has 3 aromatic carbocycles. The van der Waals surface area contributed by atoms with Crippen LogP contribution in [0.1, 0.15) is 23.6 Å². The molecule has 1 fully saturated rings. The summed E-state index contributed by atoms with van der Waals surface area (Å²) in [5, 5.41) is 1.60. The largest absolute Gasteiger partial charge is 0.490 e. The molecule has 1 heterocycles. The van der Waals surface area contributed by atoms with Crippen LogP contribution >= 0.6 is 11.8 Å². The van der Waals surface area contributed by atoms with Crippen LogP contribution in [-0.2, 0) is 22.6 Å². The Morgan fingerprint density at radius 2 is 1.85 bits per heavy atom. The summed E-state index contributed by atoms with van der Waals surface area (Å²) in [6.45, 7) is 5.74. The summed E-state index contributed by atoms with van der Waals surface area (Å²) >= 11 is 0.683. The fourth-order valence-electron chi connectivity index (χ4n) is 3.94. The smallest absolute Gasteiger partial charge is 0.294 e. The number of imide groups is 1. The van der Waals surface area contributed by atoms with E-state index < -0.39 is 35.2 Å². The van der Waals surface area contributed by atoms with Crippen LogP contribution in [0.2, 0.25) is 0 Å². The number of carbonyl (C=O) groups excluding carboxylic acids is 3. The van der Waals surface area contributed by atoms with E-state index in [1.807, 2.05) is 43.3 Å². The first-order valence-corrected chi connectivity index (χ1v) is 13.2. The Morgan fingerprint density at radius 3 is 2.55 bits per heavy atom. The number of thioether (sulfide) groups is 1. The van der Waals surface area contributed by atoms with Gasteiger partial charge in [0.05, 0.1) is 17.2 Å². The molecular formula is C30H26F2N2O5S.